The molecule has 0 bridgehead atoms. The highest BCUT2D eigenvalue weighted by molar-refractivity contribution is 5.39. The van der Waals surface area contributed by atoms with Crippen molar-refractivity contribution in [2.45, 2.75) is 51.4 Å². The van der Waals surface area contributed by atoms with E-state index in [0.29, 0.717) is 0 Å². The van der Waals surface area contributed by atoms with Gasteiger partial charge in [-0.1, -0.05) is 12.8 Å². The summed E-state index contributed by atoms with van der Waals surface area (Å²) in [6.45, 7) is 9.39. The highest BCUT2D eigenvalue weighted by Crippen LogP contribution is 2.10. The molecule has 2 fully saturated rings. The van der Waals surface area contributed by atoms with Crippen molar-refractivity contribution in [2.24, 2.45) is 0 Å². The molecular weight excluding hydrogens is 324 g/mol. The van der Waals surface area contributed by atoms with E-state index >= 15 is 0 Å². The van der Waals surface area contributed by atoms with Gasteiger partial charge in [-0.3, -0.25) is 0 Å². The minimum absolute atomic E-state index is 0.740. The molecule has 0 unspecified atom stereocenters. The Kier molecular flexibility index (Phi) is 8.45. The fraction of sp³-hybridized carbons (Fsp3) is 0.800. The van der Waals surface area contributed by atoms with E-state index in [1.54, 1.807) is 0 Å². The highest BCUT2D eigenvalue weighted by Gasteiger charge is 2.10. The zero-order chi connectivity index (χ0) is 17.9. The quantitative estimate of drug-likeness (QED) is 0.626. The maximum Gasteiger partial charge on any atom is 0.224 e. The molecule has 0 saturated carbocycles. The first-order chi connectivity index (χ1) is 12.9. The summed E-state index contributed by atoms with van der Waals surface area (Å²) < 4.78 is 0. The number of piperidine rings is 2. The van der Waals surface area contributed by atoms with E-state index < -0.39 is 0 Å². The molecule has 26 heavy (non-hydrogen) atoms. The van der Waals surface area contributed by atoms with Gasteiger partial charge < -0.3 is 20.4 Å². The highest BCUT2D eigenvalue weighted by atomic mass is 15.2. The molecular formula is C20H36N6. The fourth-order valence-corrected chi connectivity index (χ4v) is 3.93. The molecule has 6 heteroatoms. The first kappa shape index (κ1) is 19.4. The van der Waals surface area contributed by atoms with Crippen LogP contribution in [0.25, 0.3) is 0 Å². The van der Waals surface area contributed by atoms with E-state index in [0.717, 1.165) is 31.3 Å². The molecule has 0 atom stereocenters. The van der Waals surface area contributed by atoms with Crippen LogP contribution in [-0.2, 0) is 0 Å². The molecule has 6 nitrogen and oxygen atoms in total. The standard InChI is InChI=1S/C20H36N6/c1-3-13-25(14-4-1)17-7-10-21-19-9-12-23-20(24-19)22-11-8-18-26-15-5-2-6-16-26/h9,12H,1-8,10-11,13-18H2,(H2,21,22,23,24). The molecule has 3 rings (SSSR count). The number of hydrogen-bond acceptors (Lipinski definition) is 6. The largest absolute Gasteiger partial charge is 0.370 e. The van der Waals surface area contributed by atoms with Gasteiger partial charge in [0.1, 0.15) is 5.82 Å². The number of likely N-dealkylation sites (tertiary alicyclic amines) is 2. The van der Waals surface area contributed by atoms with Gasteiger partial charge in [-0.25, -0.2) is 4.98 Å². The van der Waals surface area contributed by atoms with Gasteiger partial charge in [0, 0.05) is 19.3 Å². The molecule has 1 aromatic rings. The van der Waals surface area contributed by atoms with Gasteiger partial charge in [-0.15, -0.1) is 0 Å². The Morgan fingerprint density at radius 1 is 0.769 bits per heavy atom. The van der Waals surface area contributed by atoms with Crippen LogP contribution in [0.5, 0.6) is 0 Å². The molecule has 1 aromatic heterocycles. The molecule has 2 aliphatic rings. The molecule has 3 heterocycles. The number of rotatable bonds is 10. The topological polar surface area (TPSA) is 56.3 Å². The van der Waals surface area contributed by atoms with Crippen LogP contribution in [-0.4, -0.2) is 72.1 Å². The normalized spacial score (nSPS) is 19.4. The predicted molar refractivity (Wildman–Crippen MR) is 109 cm³/mol. The molecule has 0 radical (unpaired) electrons. The smallest absolute Gasteiger partial charge is 0.224 e. The Labute approximate surface area is 158 Å². The summed E-state index contributed by atoms with van der Waals surface area (Å²) in [4.78, 5) is 14.1. The summed E-state index contributed by atoms with van der Waals surface area (Å²) in [5.74, 6) is 1.67. The summed E-state index contributed by atoms with van der Waals surface area (Å²) in [7, 11) is 0. The monoisotopic (exact) mass is 360 g/mol. The van der Waals surface area contributed by atoms with E-state index in [4.69, 9.17) is 0 Å². The summed E-state index contributed by atoms with van der Waals surface area (Å²) in [5, 5.41) is 6.81. The number of hydrogen-bond donors (Lipinski definition) is 2. The van der Waals surface area contributed by atoms with Gasteiger partial charge >= 0.3 is 0 Å². The minimum atomic E-state index is 0.740. The molecule has 146 valence electrons. The van der Waals surface area contributed by atoms with Crippen molar-refractivity contribution in [3.05, 3.63) is 12.3 Å². The van der Waals surface area contributed by atoms with Crippen LogP contribution in [0.3, 0.4) is 0 Å². The lowest BCUT2D eigenvalue weighted by Crippen LogP contribution is -2.31. The predicted octanol–water partition coefficient (Wildman–Crippen LogP) is 3.05. The van der Waals surface area contributed by atoms with Gasteiger partial charge in [0.2, 0.25) is 5.95 Å². The third-order valence-electron chi connectivity index (χ3n) is 5.44. The van der Waals surface area contributed by atoms with Gasteiger partial charge in [0.25, 0.3) is 0 Å². The zero-order valence-corrected chi connectivity index (χ0v) is 16.3. The van der Waals surface area contributed by atoms with Gasteiger partial charge in [0.05, 0.1) is 0 Å². The summed E-state index contributed by atoms with van der Waals surface area (Å²) in [5.41, 5.74) is 0. The van der Waals surface area contributed by atoms with Crippen LogP contribution < -0.4 is 10.6 Å². The van der Waals surface area contributed by atoms with Crippen LogP contribution in [0.1, 0.15) is 51.4 Å². The lowest BCUT2D eigenvalue weighted by Gasteiger charge is -2.26. The van der Waals surface area contributed by atoms with Crippen LogP contribution in [0, 0.1) is 0 Å². The second-order valence-corrected chi connectivity index (χ2v) is 7.63. The van der Waals surface area contributed by atoms with Crippen molar-refractivity contribution in [3.8, 4) is 0 Å². The second-order valence-electron chi connectivity index (χ2n) is 7.63. The number of nitrogens with one attached hydrogen (secondary N) is 2. The van der Waals surface area contributed by atoms with Crippen molar-refractivity contribution >= 4 is 11.8 Å². The van der Waals surface area contributed by atoms with E-state index in [1.807, 2.05) is 12.3 Å². The molecule has 0 aliphatic carbocycles. The average Bonchev–Trinajstić information content (AvgIpc) is 2.71. The fourth-order valence-electron chi connectivity index (χ4n) is 3.93. The van der Waals surface area contributed by atoms with Crippen LogP contribution in [0.4, 0.5) is 11.8 Å². The van der Waals surface area contributed by atoms with Crippen LogP contribution in [0.15, 0.2) is 12.3 Å². The van der Waals surface area contributed by atoms with E-state index in [1.165, 1.54) is 84.2 Å². The third-order valence-corrected chi connectivity index (χ3v) is 5.44. The first-order valence-electron chi connectivity index (χ1n) is 10.7. The Balaban J connectivity index is 1.28. The van der Waals surface area contributed by atoms with E-state index in [9.17, 15) is 0 Å². The SMILES string of the molecule is c1cc(NCCCN2CCCCC2)nc(NCCCN2CCCCC2)n1. The summed E-state index contributed by atoms with van der Waals surface area (Å²) in [6, 6.07) is 1.96. The van der Waals surface area contributed by atoms with Gasteiger partial charge in [0.15, 0.2) is 0 Å². The van der Waals surface area contributed by atoms with Crippen molar-refractivity contribution in [1.82, 2.24) is 19.8 Å². The van der Waals surface area contributed by atoms with Crippen molar-refractivity contribution in [1.29, 1.82) is 0 Å². The van der Waals surface area contributed by atoms with Crippen LogP contribution in [0.2, 0.25) is 0 Å². The Bertz CT molecular complexity index is 456. The zero-order valence-electron chi connectivity index (χ0n) is 16.3. The Hall–Kier alpha value is -1.40. The van der Waals surface area contributed by atoms with E-state index in [-0.39, 0.29) is 0 Å². The molecule has 0 aromatic carbocycles. The summed E-state index contributed by atoms with van der Waals surface area (Å²) >= 11 is 0. The molecule has 2 aliphatic heterocycles. The lowest BCUT2D eigenvalue weighted by molar-refractivity contribution is 0.228. The Morgan fingerprint density at radius 3 is 1.96 bits per heavy atom. The maximum atomic E-state index is 4.58. The molecule has 2 saturated heterocycles. The maximum absolute atomic E-state index is 4.58. The van der Waals surface area contributed by atoms with Crippen molar-refractivity contribution in [3.63, 3.8) is 0 Å². The number of nitrogens with zero attached hydrogens (tertiary/aromatic N) is 4. The summed E-state index contributed by atoms with van der Waals surface area (Å²) in [6.07, 6.45) is 12.4. The second kappa shape index (κ2) is 11.3. The molecule has 0 spiro atoms. The molecule has 0 amide bonds. The van der Waals surface area contributed by atoms with Gasteiger partial charge in [-0.05, 0) is 83.9 Å². The first-order valence-corrected chi connectivity index (χ1v) is 10.7. The lowest BCUT2D eigenvalue weighted by atomic mass is 10.1. The van der Waals surface area contributed by atoms with E-state index in [2.05, 4.69) is 30.4 Å². The average molecular weight is 361 g/mol. The minimum Gasteiger partial charge on any atom is -0.370 e. The van der Waals surface area contributed by atoms with Gasteiger partial charge in [-0.2, -0.15) is 4.98 Å². The Morgan fingerprint density at radius 2 is 1.35 bits per heavy atom. The van der Waals surface area contributed by atoms with Crippen molar-refractivity contribution < 1.29 is 0 Å². The molecule has 2 N–H and O–H groups in total. The number of aromatic nitrogens is 2. The third kappa shape index (κ3) is 7.08. The van der Waals surface area contributed by atoms with Crippen molar-refractivity contribution in [2.75, 3.05) is 63.0 Å². The number of anilines is 2. The van der Waals surface area contributed by atoms with Crippen LogP contribution >= 0.6 is 0 Å².